The highest BCUT2D eigenvalue weighted by atomic mass is 35.5. The summed E-state index contributed by atoms with van der Waals surface area (Å²) in [7, 11) is 0. The van der Waals surface area contributed by atoms with E-state index in [-0.39, 0.29) is 0 Å². The molecule has 0 aliphatic carbocycles. The maximum Gasteiger partial charge on any atom is 0.232 e. The van der Waals surface area contributed by atoms with Crippen molar-refractivity contribution in [2.24, 2.45) is 5.92 Å². The minimum absolute atomic E-state index is 0.460. The van der Waals surface area contributed by atoms with Crippen LogP contribution in [0, 0.1) is 5.92 Å². The summed E-state index contributed by atoms with van der Waals surface area (Å²) in [6.45, 7) is 4.91. The molecule has 14 heavy (non-hydrogen) atoms. The molecule has 0 aliphatic rings. The fraction of sp³-hybridized carbons (Fsp3) is 0.500. The van der Waals surface area contributed by atoms with E-state index in [9.17, 15) is 0 Å². The summed E-state index contributed by atoms with van der Waals surface area (Å²) in [5.74, 6) is 1.07. The first-order valence-electron chi connectivity index (χ1n) is 4.63. The summed E-state index contributed by atoms with van der Waals surface area (Å²) in [5.41, 5.74) is 6.05. The molecule has 0 aliphatic heterocycles. The van der Waals surface area contributed by atoms with Gasteiger partial charge in [0.15, 0.2) is 0 Å². The molecule has 0 aromatic carbocycles. The van der Waals surface area contributed by atoms with Gasteiger partial charge in [-0.15, -0.1) is 0 Å². The van der Waals surface area contributed by atoms with Gasteiger partial charge in [-0.3, -0.25) is 0 Å². The first kappa shape index (κ1) is 11.1. The zero-order valence-corrected chi connectivity index (χ0v) is 9.21. The average Bonchev–Trinajstić information content (AvgIpc) is 2.08. The first-order valence-corrected chi connectivity index (χ1v) is 5.01. The van der Waals surface area contributed by atoms with Gasteiger partial charge in [0.1, 0.15) is 5.02 Å². The van der Waals surface area contributed by atoms with E-state index in [1.54, 1.807) is 6.07 Å². The highest BCUT2D eigenvalue weighted by molar-refractivity contribution is 6.32. The fourth-order valence-corrected chi connectivity index (χ4v) is 1.17. The highest BCUT2D eigenvalue weighted by Gasteiger charge is 2.03. The van der Waals surface area contributed by atoms with Crippen molar-refractivity contribution in [2.75, 3.05) is 12.3 Å². The molecule has 1 aromatic rings. The van der Waals surface area contributed by atoms with Crippen LogP contribution < -0.4 is 10.5 Å². The maximum absolute atomic E-state index is 5.88. The lowest BCUT2D eigenvalue weighted by atomic mass is 10.1. The SMILES string of the molecule is CC(C)CCOc1ncc(N)cc1Cl. The Kier molecular flexibility index (Phi) is 4.01. The summed E-state index contributed by atoms with van der Waals surface area (Å²) in [5, 5.41) is 0.466. The Balaban J connectivity index is 2.51. The first-order chi connectivity index (χ1) is 6.59. The maximum atomic E-state index is 5.88. The predicted octanol–water partition coefficient (Wildman–Crippen LogP) is 2.74. The van der Waals surface area contributed by atoms with Crippen molar-refractivity contribution in [3.8, 4) is 5.88 Å². The van der Waals surface area contributed by atoms with Gasteiger partial charge in [0.2, 0.25) is 5.88 Å². The van der Waals surface area contributed by atoms with Crippen LogP contribution >= 0.6 is 11.6 Å². The third-order valence-corrected chi connectivity index (χ3v) is 2.03. The van der Waals surface area contributed by atoms with Crippen molar-refractivity contribution in [3.05, 3.63) is 17.3 Å². The van der Waals surface area contributed by atoms with Crippen LogP contribution in [0.4, 0.5) is 5.69 Å². The number of pyridine rings is 1. The smallest absolute Gasteiger partial charge is 0.232 e. The zero-order chi connectivity index (χ0) is 10.6. The van der Waals surface area contributed by atoms with Crippen LogP contribution in [0.25, 0.3) is 0 Å². The van der Waals surface area contributed by atoms with Crippen molar-refractivity contribution in [3.63, 3.8) is 0 Å². The zero-order valence-electron chi connectivity index (χ0n) is 8.46. The van der Waals surface area contributed by atoms with E-state index in [2.05, 4.69) is 18.8 Å². The molecule has 0 radical (unpaired) electrons. The van der Waals surface area contributed by atoms with Crippen LogP contribution in [0.5, 0.6) is 5.88 Å². The molecular formula is C10H15ClN2O. The van der Waals surface area contributed by atoms with Gasteiger partial charge in [-0.25, -0.2) is 4.98 Å². The molecule has 0 amide bonds. The molecular weight excluding hydrogens is 200 g/mol. The summed E-state index contributed by atoms with van der Waals surface area (Å²) in [4.78, 5) is 4.00. The second-order valence-electron chi connectivity index (χ2n) is 3.59. The number of aromatic nitrogens is 1. The summed E-state index contributed by atoms with van der Waals surface area (Å²) < 4.78 is 5.40. The molecule has 2 N–H and O–H groups in total. The van der Waals surface area contributed by atoms with Crippen LogP contribution in [0.3, 0.4) is 0 Å². The number of halogens is 1. The van der Waals surface area contributed by atoms with Gasteiger partial charge in [-0.05, 0) is 18.4 Å². The number of rotatable bonds is 4. The summed E-state index contributed by atoms with van der Waals surface area (Å²) >= 11 is 5.88. The number of ether oxygens (including phenoxy) is 1. The van der Waals surface area contributed by atoms with Gasteiger partial charge in [0.05, 0.1) is 18.5 Å². The number of nitrogens with zero attached hydrogens (tertiary/aromatic N) is 1. The molecule has 4 heteroatoms. The van der Waals surface area contributed by atoms with Crippen molar-refractivity contribution >= 4 is 17.3 Å². The van der Waals surface area contributed by atoms with Crippen LogP contribution in [0.2, 0.25) is 5.02 Å². The van der Waals surface area contributed by atoms with E-state index in [4.69, 9.17) is 22.1 Å². The Morgan fingerprint density at radius 2 is 2.29 bits per heavy atom. The molecule has 0 fully saturated rings. The Bertz CT molecular complexity index is 302. The van der Waals surface area contributed by atoms with Gasteiger partial charge in [0.25, 0.3) is 0 Å². The van der Waals surface area contributed by atoms with Gasteiger partial charge >= 0.3 is 0 Å². The lowest BCUT2D eigenvalue weighted by Gasteiger charge is -2.08. The normalized spacial score (nSPS) is 10.6. The van der Waals surface area contributed by atoms with Gasteiger partial charge in [0, 0.05) is 0 Å². The molecule has 0 bridgehead atoms. The van der Waals surface area contributed by atoms with Gasteiger partial charge < -0.3 is 10.5 Å². The number of hydrogen-bond donors (Lipinski definition) is 1. The molecule has 0 unspecified atom stereocenters. The Hall–Kier alpha value is -0.960. The Labute approximate surface area is 89.2 Å². The van der Waals surface area contributed by atoms with Gasteiger partial charge in [-0.2, -0.15) is 0 Å². The van der Waals surface area contributed by atoms with Crippen LogP contribution in [0.1, 0.15) is 20.3 Å². The van der Waals surface area contributed by atoms with E-state index in [0.717, 1.165) is 6.42 Å². The van der Waals surface area contributed by atoms with Crippen molar-refractivity contribution in [1.82, 2.24) is 4.98 Å². The van der Waals surface area contributed by atoms with E-state index in [1.807, 2.05) is 0 Å². The molecule has 3 nitrogen and oxygen atoms in total. The third kappa shape index (κ3) is 3.42. The predicted molar refractivity (Wildman–Crippen MR) is 58.6 cm³/mol. The van der Waals surface area contributed by atoms with E-state index < -0.39 is 0 Å². The molecule has 0 spiro atoms. The highest BCUT2D eigenvalue weighted by Crippen LogP contribution is 2.23. The molecule has 0 saturated carbocycles. The minimum atomic E-state index is 0.460. The van der Waals surface area contributed by atoms with E-state index in [0.29, 0.717) is 29.1 Å². The van der Waals surface area contributed by atoms with Crippen molar-refractivity contribution in [2.45, 2.75) is 20.3 Å². The molecule has 1 aromatic heterocycles. The van der Waals surface area contributed by atoms with E-state index >= 15 is 0 Å². The van der Waals surface area contributed by atoms with Crippen molar-refractivity contribution in [1.29, 1.82) is 0 Å². The molecule has 78 valence electrons. The molecule has 1 heterocycles. The minimum Gasteiger partial charge on any atom is -0.477 e. The third-order valence-electron chi connectivity index (χ3n) is 1.76. The number of nitrogen functional groups attached to an aromatic ring is 1. The van der Waals surface area contributed by atoms with Crippen LogP contribution in [-0.4, -0.2) is 11.6 Å². The van der Waals surface area contributed by atoms with Crippen LogP contribution in [0.15, 0.2) is 12.3 Å². The lowest BCUT2D eigenvalue weighted by Crippen LogP contribution is -2.03. The van der Waals surface area contributed by atoms with Crippen molar-refractivity contribution < 1.29 is 4.74 Å². The van der Waals surface area contributed by atoms with E-state index in [1.165, 1.54) is 6.20 Å². The standard InChI is InChI=1S/C10H15ClN2O/c1-7(2)3-4-14-10-9(11)5-8(12)6-13-10/h5-7H,3-4,12H2,1-2H3. The second-order valence-corrected chi connectivity index (χ2v) is 3.99. The van der Waals surface area contributed by atoms with Crippen LogP contribution in [-0.2, 0) is 0 Å². The topological polar surface area (TPSA) is 48.1 Å². The quantitative estimate of drug-likeness (QED) is 0.839. The summed E-state index contributed by atoms with van der Waals surface area (Å²) in [6.07, 6.45) is 2.53. The fourth-order valence-electron chi connectivity index (χ4n) is 0.938. The van der Waals surface area contributed by atoms with Gasteiger partial charge in [-0.1, -0.05) is 25.4 Å². The Morgan fingerprint density at radius 1 is 1.57 bits per heavy atom. The molecule has 1 rings (SSSR count). The molecule has 0 atom stereocenters. The molecule has 0 saturated heterocycles. The summed E-state index contributed by atoms with van der Waals surface area (Å²) in [6, 6.07) is 1.64. The monoisotopic (exact) mass is 214 g/mol. The average molecular weight is 215 g/mol. The lowest BCUT2D eigenvalue weighted by molar-refractivity contribution is 0.279. The number of hydrogen-bond acceptors (Lipinski definition) is 3. The largest absolute Gasteiger partial charge is 0.477 e. The second kappa shape index (κ2) is 5.05. The Morgan fingerprint density at radius 3 is 2.86 bits per heavy atom. The number of anilines is 1. The number of nitrogens with two attached hydrogens (primary N) is 1.